The van der Waals surface area contributed by atoms with Crippen molar-refractivity contribution in [2.24, 2.45) is 5.92 Å². The molecule has 2 heterocycles. The van der Waals surface area contributed by atoms with Gasteiger partial charge in [-0.2, -0.15) is 11.8 Å². The van der Waals surface area contributed by atoms with Crippen molar-refractivity contribution >= 4 is 23.6 Å². The molecule has 0 aliphatic carbocycles. The predicted molar refractivity (Wildman–Crippen MR) is 126 cm³/mol. The van der Waals surface area contributed by atoms with Crippen LogP contribution in [0.15, 0.2) is 47.1 Å². The molecule has 1 aliphatic rings. The molecule has 1 aliphatic heterocycles. The Kier molecular flexibility index (Phi) is 9.21. The van der Waals surface area contributed by atoms with Gasteiger partial charge in [-0.3, -0.25) is 9.59 Å². The highest BCUT2D eigenvalue weighted by Gasteiger charge is 2.33. The highest BCUT2D eigenvalue weighted by molar-refractivity contribution is 7.98. The van der Waals surface area contributed by atoms with Crippen LogP contribution in [0.5, 0.6) is 0 Å². The van der Waals surface area contributed by atoms with Gasteiger partial charge in [0, 0.05) is 51.2 Å². The number of rotatable bonds is 10. The van der Waals surface area contributed by atoms with Gasteiger partial charge < -0.3 is 14.2 Å². The Hall–Kier alpha value is -2.28. The lowest BCUT2D eigenvalue weighted by Gasteiger charge is -2.40. The number of carbonyl (C=O) groups is 2. The van der Waals surface area contributed by atoms with E-state index in [4.69, 9.17) is 4.42 Å². The maximum absolute atomic E-state index is 14.4. The monoisotopic (exact) mass is 460 g/mol. The van der Waals surface area contributed by atoms with Gasteiger partial charge in [0.1, 0.15) is 11.6 Å². The van der Waals surface area contributed by atoms with Crippen LogP contribution < -0.4 is 0 Å². The molecule has 1 saturated heterocycles. The van der Waals surface area contributed by atoms with Gasteiger partial charge in [-0.1, -0.05) is 18.2 Å². The first-order valence-electron chi connectivity index (χ1n) is 11.3. The summed E-state index contributed by atoms with van der Waals surface area (Å²) in [6.07, 6.45) is 7.25. The molecule has 1 fully saturated rings. The summed E-state index contributed by atoms with van der Waals surface area (Å²) in [5.74, 6) is 1.83. The number of hydrogen-bond acceptors (Lipinski definition) is 4. The quantitative estimate of drug-likeness (QED) is 0.527. The minimum atomic E-state index is -0.229. The number of likely N-dealkylation sites (N-methyl/N-ethyl adjacent to an activating group) is 1. The Morgan fingerprint density at radius 2 is 1.94 bits per heavy atom. The first-order valence-corrected chi connectivity index (χ1v) is 12.7. The van der Waals surface area contributed by atoms with Crippen molar-refractivity contribution in [3.8, 4) is 0 Å². The van der Waals surface area contributed by atoms with Crippen molar-refractivity contribution in [3.63, 3.8) is 0 Å². The third-order valence-corrected chi connectivity index (χ3v) is 7.01. The van der Waals surface area contributed by atoms with Gasteiger partial charge in [0.15, 0.2) is 0 Å². The summed E-state index contributed by atoms with van der Waals surface area (Å²) in [5.41, 5.74) is 0.638. The summed E-state index contributed by atoms with van der Waals surface area (Å²) >= 11 is 1.65. The minimum Gasteiger partial charge on any atom is -0.469 e. The fourth-order valence-corrected chi connectivity index (χ4v) is 4.82. The number of carbonyl (C=O) groups excluding carboxylic acids is 2. The fraction of sp³-hybridized carbons (Fsp3) is 0.520. The number of aryl methyl sites for hydroxylation is 1. The number of hydrogen-bond donors (Lipinski definition) is 0. The highest BCUT2D eigenvalue weighted by Crippen LogP contribution is 2.28. The second-order valence-electron chi connectivity index (χ2n) is 8.41. The Labute approximate surface area is 194 Å². The normalized spacial score (nSPS) is 15.5. The molecule has 3 rings (SSSR count). The fourth-order valence-electron chi connectivity index (χ4n) is 4.44. The summed E-state index contributed by atoms with van der Waals surface area (Å²) in [7, 11) is 1.84. The van der Waals surface area contributed by atoms with Crippen molar-refractivity contribution < 1.29 is 18.4 Å². The average Bonchev–Trinajstić information content (AvgIpc) is 3.34. The first-order chi connectivity index (χ1) is 15.5. The lowest BCUT2D eigenvalue weighted by Crippen LogP contribution is -2.48. The van der Waals surface area contributed by atoms with Crippen LogP contribution in [0, 0.1) is 11.7 Å². The van der Waals surface area contributed by atoms with E-state index in [9.17, 15) is 14.0 Å². The Balaban J connectivity index is 1.62. The summed E-state index contributed by atoms with van der Waals surface area (Å²) in [6, 6.07) is 10.4. The number of likely N-dealkylation sites (tertiary alicyclic amines) is 1. The number of furan rings is 1. The third-order valence-electron chi connectivity index (χ3n) is 6.40. The van der Waals surface area contributed by atoms with Crippen molar-refractivity contribution in [1.82, 2.24) is 9.80 Å². The molecular weight excluding hydrogens is 427 g/mol. The van der Waals surface area contributed by atoms with Crippen molar-refractivity contribution in [1.29, 1.82) is 0 Å². The van der Waals surface area contributed by atoms with E-state index >= 15 is 0 Å². The van der Waals surface area contributed by atoms with Crippen LogP contribution in [-0.2, 0) is 22.4 Å². The van der Waals surface area contributed by atoms with E-state index in [1.165, 1.54) is 6.07 Å². The van der Waals surface area contributed by atoms with Crippen molar-refractivity contribution in [3.05, 3.63) is 59.8 Å². The standard InChI is InChI=1S/C25H33FN2O3S/c1-27(24(29)13-17-32-2)23(18-20-6-3-4-8-22(20)26)19-11-14-28(15-12-19)25(30)10-9-21-7-5-16-31-21/h3-8,16,19,23H,9-15,17-18H2,1-2H3. The first kappa shape index (κ1) is 24.4. The van der Waals surface area contributed by atoms with Crippen molar-refractivity contribution in [2.45, 2.75) is 44.6 Å². The van der Waals surface area contributed by atoms with Gasteiger partial charge in [-0.15, -0.1) is 0 Å². The molecule has 0 N–H and O–H groups in total. The number of benzene rings is 1. The zero-order chi connectivity index (χ0) is 22.9. The van der Waals surface area contributed by atoms with E-state index in [2.05, 4.69) is 0 Å². The second-order valence-corrected chi connectivity index (χ2v) is 9.39. The lowest BCUT2D eigenvalue weighted by atomic mass is 9.84. The maximum atomic E-state index is 14.4. The largest absolute Gasteiger partial charge is 0.469 e. The Morgan fingerprint density at radius 1 is 1.19 bits per heavy atom. The van der Waals surface area contributed by atoms with E-state index in [0.29, 0.717) is 44.3 Å². The molecule has 0 radical (unpaired) electrons. The van der Waals surface area contributed by atoms with Gasteiger partial charge in [-0.25, -0.2) is 4.39 Å². The molecule has 0 saturated carbocycles. The van der Waals surface area contributed by atoms with Crippen LogP contribution >= 0.6 is 11.8 Å². The molecule has 174 valence electrons. The molecule has 2 aromatic rings. The van der Waals surface area contributed by atoms with E-state index < -0.39 is 0 Å². The predicted octanol–water partition coefficient (Wildman–Crippen LogP) is 4.41. The number of amides is 2. The van der Waals surface area contributed by atoms with Gasteiger partial charge in [0.2, 0.25) is 11.8 Å². The lowest BCUT2D eigenvalue weighted by molar-refractivity contribution is -0.136. The Bertz CT molecular complexity index is 866. The van der Waals surface area contributed by atoms with Crippen LogP contribution in [-0.4, -0.2) is 59.8 Å². The molecule has 7 heteroatoms. The zero-order valence-electron chi connectivity index (χ0n) is 19.0. The minimum absolute atomic E-state index is 0.0818. The van der Waals surface area contributed by atoms with Crippen LogP contribution in [0.4, 0.5) is 4.39 Å². The van der Waals surface area contributed by atoms with Gasteiger partial charge >= 0.3 is 0 Å². The molecule has 0 spiro atoms. The maximum Gasteiger partial charge on any atom is 0.223 e. The molecular formula is C25H33FN2O3S. The smallest absolute Gasteiger partial charge is 0.223 e. The number of thioether (sulfide) groups is 1. The summed E-state index contributed by atoms with van der Waals surface area (Å²) in [4.78, 5) is 29.1. The van der Waals surface area contributed by atoms with Gasteiger partial charge in [0.05, 0.1) is 6.26 Å². The molecule has 1 atom stereocenters. The molecule has 0 bridgehead atoms. The van der Waals surface area contributed by atoms with Crippen LogP contribution in [0.2, 0.25) is 0 Å². The second kappa shape index (κ2) is 12.1. The summed E-state index contributed by atoms with van der Waals surface area (Å²) in [5, 5.41) is 0. The number of nitrogens with zero attached hydrogens (tertiary/aromatic N) is 2. The molecule has 1 unspecified atom stereocenters. The average molecular weight is 461 g/mol. The van der Waals surface area contributed by atoms with E-state index in [0.717, 1.165) is 24.4 Å². The molecule has 1 aromatic heterocycles. The third kappa shape index (κ3) is 6.61. The van der Waals surface area contributed by atoms with Gasteiger partial charge in [0.25, 0.3) is 0 Å². The van der Waals surface area contributed by atoms with Gasteiger partial charge in [-0.05, 0) is 55.2 Å². The number of halogens is 1. The molecule has 2 amide bonds. The molecule has 5 nitrogen and oxygen atoms in total. The van der Waals surface area contributed by atoms with E-state index in [-0.39, 0.29) is 29.6 Å². The van der Waals surface area contributed by atoms with E-state index in [1.807, 2.05) is 41.3 Å². The Morgan fingerprint density at radius 3 is 2.59 bits per heavy atom. The number of piperidine rings is 1. The summed E-state index contributed by atoms with van der Waals surface area (Å²) in [6.45, 7) is 1.34. The van der Waals surface area contributed by atoms with Crippen LogP contribution in [0.3, 0.4) is 0 Å². The van der Waals surface area contributed by atoms with E-state index in [1.54, 1.807) is 30.2 Å². The zero-order valence-corrected chi connectivity index (χ0v) is 19.8. The topological polar surface area (TPSA) is 53.8 Å². The SMILES string of the molecule is CSCCC(=O)N(C)C(Cc1ccccc1F)C1CCN(C(=O)CCc2ccco2)CC1. The molecule has 32 heavy (non-hydrogen) atoms. The van der Waals surface area contributed by atoms with Crippen molar-refractivity contribution in [2.75, 3.05) is 32.1 Å². The molecule has 1 aromatic carbocycles. The summed E-state index contributed by atoms with van der Waals surface area (Å²) < 4.78 is 19.7. The highest BCUT2D eigenvalue weighted by atomic mass is 32.2. The van der Waals surface area contributed by atoms with Crippen LogP contribution in [0.1, 0.15) is 37.0 Å². The van der Waals surface area contributed by atoms with Crippen LogP contribution in [0.25, 0.3) is 0 Å².